The van der Waals surface area contributed by atoms with Gasteiger partial charge in [-0.15, -0.1) is 0 Å². The summed E-state index contributed by atoms with van der Waals surface area (Å²) >= 11 is 9.14. The first-order valence-electron chi connectivity index (χ1n) is 4.80. The highest BCUT2D eigenvalue weighted by Gasteiger charge is 2.12. The molecule has 0 saturated carbocycles. The lowest BCUT2D eigenvalue weighted by Crippen LogP contribution is -2.08. The second-order valence-corrected chi connectivity index (χ2v) is 5.65. The topological polar surface area (TPSA) is 38.9 Å². The second kappa shape index (κ2) is 5.68. The molecule has 84 valence electrons. The van der Waals surface area contributed by atoms with Gasteiger partial charge in [0.1, 0.15) is 0 Å². The SMILES string of the molecule is NCC(Sc1ccc(Cl)cn1)c1ccsc1. The van der Waals surface area contributed by atoms with E-state index < -0.39 is 0 Å². The van der Waals surface area contributed by atoms with Crippen LogP contribution < -0.4 is 5.73 Å². The molecule has 2 N–H and O–H groups in total. The van der Waals surface area contributed by atoms with Crippen molar-refractivity contribution in [2.24, 2.45) is 5.73 Å². The van der Waals surface area contributed by atoms with Crippen molar-refractivity contribution in [3.05, 3.63) is 45.7 Å². The van der Waals surface area contributed by atoms with E-state index in [1.807, 2.05) is 12.1 Å². The van der Waals surface area contributed by atoms with Crippen molar-refractivity contribution in [2.45, 2.75) is 10.3 Å². The molecule has 16 heavy (non-hydrogen) atoms. The minimum atomic E-state index is 0.264. The summed E-state index contributed by atoms with van der Waals surface area (Å²) in [7, 11) is 0. The van der Waals surface area contributed by atoms with Crippen molar-refractivity contribution < 1.29 is 0 Å². The molecule has 0 amide bonds. The van der Waals surface area contributed by atoms with E-state index in [1.165, 1.54) is 5.56 Å². The molecule has 1 atom stereocenters. The number of halogens is 1. The maximum Gasteiger partial charge on any atom is 0.0967 e. The van der Waals surface area contributed by atoms with Gasteiger partial charge in [0.25, 0.3) is 0 Å². The van der Waals surface area contributed by atoms with Crippen LogP contribution in [0.3, 0.4) is 0 Å². The fraction of sp³-hybridized carbons (Fsp3) is 0.182. The summed E-state index contributed by atoms with van der Waals surface area (Å²) in [5.74, 6) is 0. The van der Waals surface area contributed by atoms with E-state index >= 15 is 0 Å². The lowest BCUT2D eigenvalue weighted by Gasteiger charge is -2.11. The van der Waals surface area contributed by atoms with E-state index in [0.29, 0.717) is 11.6 Å². The first-order chi connectivity index (χ1) is 7.79. The molecule has 2 aromatic heterocycles. The minimum Gasteiger partial charge on any atom is -0.329 e. The Hall–Kier alpha value is -0.550. The standard InChI is InChI=1S/C11H11ClN2S2/c12-9-1-2-11(14-6-9)16-10(5-13)8-3-4-15-7-8/h1-4,6-7,10H,5,13H2. The number of hydrogen-bond acceptors (Lipinski definition) is 4. The summed E-state index contributed by atoms with van der Waals surface area (Å²) in [6.07, 6.45) is 1.66. The number of aromatic nitrogens is 1. The third-order valence-corrected chi connectivity index (χ3v) is 4.25. The summed E-state index contributed by atoms with van der Waals surface area (Å²) in [5, 5.41) is 6.06. The Morgan fingerprint density at radius 1 is 1.44 bits per heavy atom. The Labute approximate surface area is 108 Å². The predicted molar refractivity (Wildman–Crippen MR) is 71.2 cm³/mol. The molecule has 0 aliphatic carbocycles. The molecule has 0 saturated heterocycles. The monoisotopic (exact) mass is 270 g/mol. The molecular weight excluding hydrogens is 260 g/mol. The zero-order valence-electron chi connectivity index (χ0n) is 8.47. The van der Waals surface area contributed by atoms with Gasteiger partial charge >= 0.3 is 0 Å². The Kier molecular flexibility index (Phi) is 4.23. The summed E-state index contributed by atoms with van der Waals surface area (Å²) in [4.78, 5) is 4.25. The number of pyridine rings is 1. The molecule has 0 aromatic carbocycles. The lowest BCUT2D eigenvalue weighted by atomic mass is 10.2. The van der Waals surface area contributed by atoms with Crippen LogP contribution in [0, 0.1) is 0 Å². The van der Waals surface area contributed by atoms with Gasteiger partial charge in [-0.2, -0.15) is 11.3 Å². The number of thioether (sulfide) groups is 1. The highest BCUT2D eigenvalue weighted by atomic mass is 35.5. The average molecular weight is 271 g/mol. The van der Waals surface area contributed by atoms with Gasteiger partial charge in [0.15, 0.2) is 0 Å². The molecular formula is C11H11ClN2S2. The van der Waals surface area contributed by atoms with E-state index in [1.54, 1.807) is 29.3 Å². The first kappa shape index (κ1) is 11.9. The zero-order chi connectivity index (χ0) is 11.4. The Morgan fingerprint density at radius 2 is 2.31 bits per heavy atom. The van der Waals surface area contributed by atoms with Crippen LogP contribution >= 0.6 is 34.7 Å². The molecule has 5 heteroatoms. The smallest absolute Gasteiger partial charge is 0.0967 e. The normalized spacial score (nSPS) is 12.6. The zero-order valence-corrected chi connectivity index (χ0v) is 10.9. The molecule has 0 fully saturated rings. The summed E-state index contributed by atoms with van der Waals surface area (Å²) in [6.45, 7) is 0.603. The number of thiophene rings is 1. The molecule has 2 nitrogen and oxygen atoms in total. The Morgan fingerprint density at radius 3 is 2.88 bits per heavy atom. The number of nitrogens with two attached hydrogens (primary N) is 1. The quantitative estimate of drug-likeness (QED) is 0.863. The summed E-state index contributed by atoms with van der Waals surface area (Å²) < 4.78 is 0. The predicted octanol–water partition coefficient (Wildman–Crippen LogP) is 3.59. The van der Waals surface area contributed by atoms with Crippen molar-refractivity contribution in [3.63, 3.8) is 0 Å². The van der Waals surface area contributed by atoms with Crippen LogP contribution in [-0.4, -0.2) is 11.5 Å². The lowest BCUT2D eigenvalue weighted by molar-refractivity contribution is 0.940. The third kappa shape index (κ3) is 2.98. The molecule has 2 rings (SSSR count). The highest BCUT2D eigenvalue weighted by Crippen LogP contribution is 2.34. The minimum absolute atomic E-state index is 0.264. The van der Waals surface area contributed by atoms with Gasteiger partial charge in [-0.05, 0) is 34.5 Å². The van der Waals surface area contributed by atoms with Gasteiger partial charge < -0.3 is 5.73 Å². The van der Waals surface area contributed by atoms with Gasteiger partial charge in [0.2, 0.25) is 0 Å². The highest BCUT2D eigenvalue weighted by molar-refractivity contribution is 7.99. The molecule has 0 aliphatic heterocycles. The van der Waals surface area contributed by atoms with Crippen LogP contribution in [0.5, 0.6) is 0 Å². The number of hydrogen-bond donors (Lipinski definition) is 1. The molecule has 0 spiro atoms. The van der Waals surface area contributed by atoms with Gasteiger partial charge in [0, 0.05) is 18.0 Å². The van der Waals surface area contributed by atoms with Crippen LogP contribution in [0.1, 0.15) is 10.8 Å². The maximum atomic E-state index is 5.79. The maximum absolute atomic E-state index is 5.79. The van der Waals surface area contributed by atoms with Gasteiger partial charge in [-0.25, -0.2) is 4.98 Å². The summed E-state index contributed by atoms with van der Waals surface area (Å²) in [6, 6.07) is 5.87. The van der Waals surface area contributed by atoms with Crippen LogP contribution in [0.4, 0.5) is 0 Å². The van der Waals surface area contributed by atoms with Crippen LogP contribution in [0.15, 0.2) is 40.2 Å². The largest absolute Gasteiger partial charge is 0.329 e. The van der Waals surface area contributed by atoms with Gasteiger partial charge in [-0.1, -0.05) is 23.4 Å². The van der Waals surface area contributed by atoms with Crippen LogP contribution in [0.2, 0.25) is 5.02 Å². The fourth-order valence-electron chi connectivity index (χ4n) is 1.29. The van der Waals surface area contributed by atoms with Crippen molar-refractivity contribution in [2.75, 3.05) is 6.54 Å². The van der Waals surface area contributed by atoms with E-state index in [2.05, 4.69) is 21.8 Å². The Bertz CT molecular complexity index is 428. The molecule has 2 heterocycles. The van der Waals surface area contributed by atoms with Crippen molar-refractivity contribution in [1.29, 1.82) is 0 Å². The Balaban J connectivity index is 2.10. The third-order valence-electron chi connectivity index (χ3n) is 2.09. The van der Waals surface area contributed by atoms with Crippen LogP contribution in [-0.2, 0) is 0 Å². The van der Waals surface area contributed by atoms with Gasteiger partial charge in [0.05, 0.1) is 10.0 Å². The van der Waals surface area contributed by atoms with Crippen molar-refractivity contribution >= 4 is 34.7 Å². The van der Waals surface area contributed by atoms with E-state index in [0.717, 1.165) is 5.03 Å². The van der Waals surface area contributed by atoms with E-state index in [-0.39, 0.29) is 5.25 Å². The van der Waals surface area contributed by atoms with E-state index in [9.17, 15) is 0 Å². The fourth-order valence-corrected chi connectivity index (χ4v) is 3.13. The molecule has 2 aromatic rings. The molecule has 0 bridgehead atoms. The van der Waals surface area contributed by atoms with Crippen LogP contribution in [0.25, 0.3) is 0 Å². The number of rotatable bonds is 4. The molecule has 0 aliphatic rings. The van der Waals surface area contributed by atoms with Gasteiger partial charge in [-0.3, -0.25) is 0 Å². The number of nitrogens with zero attached hydrogens (tertiary/aromatic N) is 1. The van der Waals surface area contributed by atoms with Crippen molar-refractivity contribution in [3.8, 4) is 0 Å². The summed E-state index contributed by atoms with van der Waals surface area (Å²) in [5.41, 5.74) is 7.03. The average Bonchev–Trinajstić information content (AvgIpc) is 2.82. The van der Waals surface area contributed by atoms with E-state index in [4.69, 9.17) is 17.3 Å². The van der Waals surface area contributed by atoms with Crippen molar-refractivity contribution in [1.82, 2.24) is 4.98 Å². The first-order valence-corrected chi connectivity index (χ1v) is 7.00. The molecule has 0 radical (unpaired) electrons. The molecule has 1 unspecified atom stereocenters. The second-order valence-electron chi connectivity index (χ2n) is 3.21.